The Kier molecular flexibility index (Phi) is 6.16. The van der Waals surface area contributed by atoms with Crippen LogP contribution in [0.1, 0.15) is 34.1 Å². The van der Waals surface area contributed by atoms with Crippen LogP contribution in [0.15, 0.2) is 70.6 Å². The number of hydrogen-bond donors (Lipinski definition) is 0. The van der Waals surface area contributed by atoms with Gasteiger partial charge >= 0.3 is 0 Å². The van der Waals surface area contributed by atoms with Crippen molar-refractivity contribution in [3.63, 3.8) is 0 Å². The van der Waals surface area contributed by atoms with Crippen LogP contribution in [0.25, 0.3) is 15.9 Å². The summed E-state index contributed by atoms with van der Waals surface area (Å²) in [6.07, 6.45) is 1.96. The van der Waals surface area contributed by atoms with Crippen molar-refractivity contribution in [2.45, 2.75) is 31.8 Å². The van der Waals surface area contributed by atoms with E-state index in [-0.39, 0.29) is 17.1 Å². The molecule has 0 bridgehead atoms. The molecule has 0 unspecified atom stereocenters. The molecular weight excluding hydrogens is 412 g/mol. The Hall–Kier alpha value is -2.70. The molecule has 4 aromatic rings. The average Bonchev–Trinajstić information content (AvgIpc) is 3.09. The van der Waals surface area contributed by atoms with E-state index in [1.807, 2.05) is 67.6 Å². The monoisotopic (exact) mass is 434 g/mol. The van der Waals surface area contributed by atoms with Crippen molar-refractivity contribution in [1.82, 2.24) is 9.55 Å². The van der Waals surface area contributed by atoms with Crippen LogP contribution in [0.2, 0.25) is 0 Å². The number of fused-ring (bicyclic) bond motifs is 1. The zero-order chi connectivity index (χ0) is 21.1. The van der Waals surface area contributed by atoms with E-state index in [4.69, 9.17) is 4.98 Å². The van der Waals surface area contributed by atoms with E-state index in [0.29, 0.717) is 16.1 Å². The first-order chi connectivity index (χ1) is 14.6. The molecule has 4 rings (SSSR count). The molecule has 0 fully saturated rings. The van der Waals surface area contributed by atoms with Gasteiger partial charge < -0.3 is 0 Å². The van der Waals surface area contributed by atoms with Crippen molar-refractivity contribution < 1.29 is 4.79 Å². The average molecular weight is 435 g/mol. The van der Waals surface area contributed by atoms with E-state index < -0.39 is 0 Å². The molecule has 0 aliphatic rings. The third-order valence-electron chi connectivity index (χ3n) is 4.95. The first-order valence-corrected chi connectivity index (χ1v) is 11.7. The van der Waals surface area contributed by atoms with Gasteiger partial charge in [-0.2, -0.15) is 0 Å². The highest BCUT2D eigenvalue weighted by atomic mass is 32.2. The molecule has 6 heteroatoms. The third kappa shape index (κ3) is 3.98. The third-order valence-corrected chi connectivity index (χ3v) is 7.14. The standard InChI is InChI=1S/C24H22N2O2S2/c1-3-10-20-16(2)21-22(30-20)25-24(26(23(21)28)18-13-8-5-9-14-18)29-15-19(27)17-11-6-4-7-12-17/h4-9,11-14H,3,10,15H2,1-2H3. The second kappa shape index (κ2) is 8.98. The van der Waals surface area contributed by atoms with Crippen LogP contribution in [-0.4, -0.2) is 21.1 Å². The van der Waals surface area contributed by atoms with Crippen molar-refractivity contribution >= 4 is 39.1 Å². The lowest BCUT2D eigenvalue weighted by atomic mass is 10.1. The zero-order valence-electron chi connectivity index (χ0n) is 16.9. The molecule has 0 spiro atoms. The van der Waals surface area contributed by atoms with Crippen LogP contribution in [0.4, 0.5) is 0 Å². The topological polar surface area (TPSA) is 52.0 Å². The Labute approximate surface area is 183 Å². The predicted molar refractivity (Wildman–Crippen MR) is 125 cm³/mol. The molecule has 0 atom stereocenters. The number of aryl methyl sites for hydroxylation is 2. The number of thiophene rings is 1. The normalized spacial score (nSPS) is 11.1. The number of aromatic nitrogens is 2. The van der Waals surface area contributed by atoms with Gasteiger partial charge in [0.2, 0.25) is 0 Å². The van der Waals surface area contributed by atoms with Crippen LogP contribution < -0.4 is 5.56 Å². The lowest BCUT2D eigenvalue weighted by Gasteiger charge is -2.12. The molecule has 0 radical (unpaired) electrons. The first kappa shape index (κ1) is 20.6. The lowest BCUT2D eigenvalue weighted by Crippen LogP contribution is -2.22. The Morgan fingerprint density at radius 2 is 1.73 bits per heavy atom. The summed E-state index contributed by atoms with van der Waals surface area (Å²) in [5.74, 6) is 0.240. The molecule has 0 amide bonds. The Morgan fingerprint density at radius 3 is 2.40 bits per heavy atom. The maximum absolute atomic E-state index is 13.5. The Morgan fingerprint density at radius 1 is 1.07 bits per heavy atom. The summed E-state index contributed by atoms with van der Waals surface area (Å²) in [4.78, 5) is 33.0. The molecule has 2 aromatic carbocycles. The summed E-state index contributed by atoms with van der Waals surface area (Å²) >= 11 is 2.90. The van der Waals surface area contributed by atoms with Crippen LogP contribution in [-0.2, 0) is 6.42 Å². The van der Waals surface area contributed by atoms with E-state index in [1.54, 1.807) is 15.9 Å². The van der Waals surface area contributed by atoms with Gasteiger partial charge in [0.1, 0.15) is 4.83 Å². The van der Waals surface area contributed by atoms with Gasteiger partial charge in [-0.25, -0.2) is 4.98 Å². The molecule has 152 valence electrons. The van der Waals surface area contributed by atoms with E-state index in [2.05, 4.69) is 6.92 Å². The highest BCUT2D eigenvalue weighted by molar-refractivity contribution is 7.99. The number of thioether (sulfide) groups is 1. The number of ketones is 1. The van der Waals surface area contributed by atoms with Crippen LogP contribution in [0, 0.1) is 6.92 Å². The summed E-state index contributed by atoms with van der Waals surface area (Å²) in [6, 6.07) is 18.7. The van der Waals surface area contributed by atoms with Gasteiger partial charge in [0.05, 0.1) is 16.8 Å². The second-order valence-electron chi connectivity index (χ2n) is 7.03. The maximum atomic E-state index is 13.5. The Bertz CT molecular complexity index is 1250. The molecule has 2 heterocycles. The van der Waals surface area contributed by atoms with Crippen molar-refractivity contribution in [2.75, 3.05) is 5.75 Å². The molecule has 0 saturated carbocycles. The number of carbonyl (C=O) groups is 1. The van der Waals surface area contributed by atoms with Gasteiger partial charge in [0, 0.05) is 10.4 Å². The molecule has 0 saturated heterocycles. The number of nitrogens with zero attached hydrogens (tertiary/aromatic N) is 2. The summed E-state index contributed by atoms with van der Waals surface area (Å²) in [6.45, 7) is 4.14. The number of carbonyl (C=O) groups excluding carboxylic acids is 1. The SMILES string of the molecule is CCCc1sc2nc(SCC(=O)c3ccccc3)n(-c3ccccc3)c(=O)c2c1C. The summed E-state index contributed by atoms with van der Waals surface area (Å²) in [7, 11) is 0. The number of Topliss-reactive ketones (excluding diaryl/α,β-unsaturated/α-hetero) is 1. The van der Waals surface area contributed by atoms with E-state index in [9.17, 15) is 9.59 Å². The quantitative estimate of drug-likeness (QED) is 0.213. The highest BCUT2D eigenvalue weighted by Gasteiger charge is 2.19. The number of hydrogen-bond acceptors (Lipinski definition) is 5. The minimum absolute atomic E-state index is 0.0172. The summed E-state index contributed by atoms with van der Waals surface area (Å²) < 4.78 is 1.64. The number of rotatable bonds is 7. The molecule has 4 nitrogen and oxygen atoms in total. The van der Waals surface area contributed by atoms with Gasteiger partial charge in [-0.05, 0) is 31.0 Å². The fourth-order valence-electron chi connectivity index (χ4n) is 3.41. The van der Waals surface area contributed by atoms with E-state index >= 15 is 0 Å². The van der Waals surface area contributed by atoms with Crippen molar-refractivity contribution in [2.24, 2.45) is 0 Å². The largest absolute Gasteiger partial charge is 0.293 e. The van der Waals surface area contributed by atoms with Crippen molar-refractivity contribution in [1.29, 1.82) is 0 Å². The second-order valence-corrected chi connectivity index (χ2v) is 9.05. The van der Waals surface area contributed by atoms with Gasteiger partial charge in [0.15, 0.2) is 10.9 Å². The maximum Gasteiger partial charge on any atom is 0.267 e. The molecule has 30 heavy (non-hydrogen) atoms. The molecule has 0 aliphatic heterocycles. The highest BCUT2D eigenvalue weighted by Crippen LogP contribution is 2.31. The number of benzene rings is 2. The first-order valence-electron chi connectivity index (χ1n) is 9.91. The fourth-order valence-corrected chi connectivity index (χ4v) is 5.64. The zero-order valence-corrected chi connectivity index (χ0v) is 18.6. The van der Waals surface area contributed by atoms with Crippen LogP contribution in [0.5, 0.6) is 0 Å². The minimum Gasteiger partial charge on any atom is -0.293 e. The van der Waals surface area contributed by atoms with Gasteiger partial charge in [-0.15, -0.1) is 11.3 Å². The molecule has 0 aliphatic carbocycles. The minimum atomic E-state index is -0.0723. The van der Waals surface area contributed by atoms with Crippen LogP contribution >= 0.6 is 23.1 Å². The summed E-state index contributed by atoms with van der Waals surface area (Å²) in [5.41, 5.74) is 2.37. The molecular formula is C24H22N2O2S2. The smallest absolute Gasteiger partial charge is 0.267 e. The molecule has 0 N–H and O–H groups in total. The van der Waals surface area contributed by atoms with Crippen molar-refractivity contribution in [3.05, 3.63) is 87.0 Å². The Balaban J connectivity index is 1.81. The van der Waals surface area contributed by atoms with E-state index in [0.717, 1.165) is 28.9 Å². The van der Waals surface area contributed by atoms with E-state index in [1.165, 1.54) is 16.6 Å². The summed E-state index contributed by atoms with van der Waals surface area (Å²) in [5, 5.41) is 1.23. The van der Waals surface area contributed by atoms with Crippen LogP contribution in [0.3, 0.4) is 0 Å². The predicted octanol–water partition coefficient (Wildman–Crippen LogP) is 5.68. The number of para-hydroxylation sites is 1. The lowest BCUT2D eigenvalue weighted by molar-refractivity contribution is 0.102. The van der Waals surface area contributed by atoms with Gasteiger partial charge in [-0.1, -0.05) is 73.6 Å². The van der Waals surface area contributed by atoms with Gasteiger partial charge in [-0.3, -0.25) is 14.2 Å². The van der Waals surface area contributed by atoms with Gasteiger partial charge in [0.25, 0.3) is 5.56 Å². The van der Waals surface area contributed by atoms with Crippen molar-refractivity contribution in [3.8, 4) is 5.69 Å². The molecule has 2 aromatic heterocycles. The fraction of sp³-hybridized carbons (Fsp3) is 0.208.